The molecule has 0 heterocycles. The van der Waals surface area contributed by atoms with E-state index in [1.807, 2.05) is 17.8 Å². The predicted molar refractivity (Wildman–Crippen MR) is 105 cm³/mol. The highest BCUT2D eigenvalue weighted by atomic mass is 35.5. The number of amides is 1. The molecule has 1 N–H and O–H groups in total. The summed E-state index contributed by atoms with van der Waals surface area (Å²) in [4.78, 5) is 11.9. The molecule has 0 saturated heterocycles. The van der Waals surface area contributed by atoms with Gasteiger partial charge in [0.1, 0.15) is 0 Å². The molecule has 0 aliphatic rings. The molecule has 1 amide bonds. The van der Waals surface area contributed by atoms with Crippen LogP contribution in [0.3, 0.4) is 0 Å². The van der Waals surface area contributed by atoms with E-state index in [0.717, 1.165) is 17.1 Å². The first kappa shape index (κ1) is 19.2. The van der Waals surface area contributed by atoms with Crippen molar-refractivity contribution in [3.63, 3.8) is 0 Å². The molecule has 5 heteroatoms. The molecular formula is C19H21Cl2NOS. The second-order valence-electron chi connectivity index (χ2n) is 5.62. The summed E-state index contributed by atoms with van der Waals surface area (Å²) < 4.78 is 0. The van der Waals surface area contributed by atoms with Crippen LogP contribution in [0.15, 0.2) is 42.5 Å². The molecule has 0 aromatic heterocycles. The van der Waals surface area contributed by atoms with Crippen molar-refractivity contribution < 1.29 is 4.79 Å². The normalized spacial score (nSPS) is 10.6. The fraction of sp³-hybridized carbons (Fsp3) is 0.316. The zero-order valence-electron chi connectivity index (χ0n) is 13.6. The van der Waals surface area contributed by atoms with Crippen molar-refractivity contribution in [3.8, 4) is 0 Å². The van der Waals surface area contributed by atoms with Gasteiger partial charge >= 0.3 is 0 Å². The number of carbonyl (C=O) groups is 1. The molecular weight excluding hydrogens is 361 g/mol. The fourth-order valence-electron chi connectivity index (χ4n) is 2.20. The van der Waals surface area contributed by atoms with Crippen LogP contribution < -0.4 is 5.32 Å². The van der Waals surface area contributed by atoms with Gasteiger partial charge < -0.3 is 5.32 Å². The summed E-state index contributed by atoms with van der Waals surface area (Å²) in [5.74, 6) is 1.93. The van der Waals surface area contributed by atoms with Crippen LogP contribution in [0.25, 0.3) is 0 Å². The van der Waals surface area contributed by atoms with E-state index in [9.17, 15) is 4.79 Å². The second kappa shape index (κ2) is 9.97. The minimum absolute atomic E-state index is 0.0527. The summed E-state index contributed by atoms with van der Waals surface area (Å²) in [5.41, 5.74) is 3.54. The Morgan fingerprint density at radius 1 is 1.12 bits per heavy atom. The molecule has 2 aromatic rings. The van der Waals surface area contributed by atoms with Gasteiger partial charge in [-0.1, -0.05) is 59.1 Å². The summed E-state index contributed by atoms with van der Waals surface area (Å²) in [6, 6.07) is 13.9. The van der Waals surface area contributed by atoms with Crippen LogP contribution in [-0.4, -0.2) is 18.2 Å². The second-order valence-corrected chi connectivity index (χ2v) is 7.57. The Bertz CT molecular complexity index is 674. The largest absolute Gasteiger partial charge is 0.355 e. The fourth-order valence-corrected chi connectivity index (χ4v) is 3.52. The number of aryl methyl sites for hydroxylation is 2. The van der Waals surface area contributed by atoms with Crippen molar-refractivity contribution in [2.45, 2.75) is 25.5 Å². The van der Waals surface area contributed by atoms with Crippen molar-refractivity contribution in [2.75, 3.05) is 12.3 Å². The van der Waals surface area contributed by atoms with E-state index in [2.05, 4.69) is 36.5 Å². The van der Waals surface area contributed by atoms with Gasteiger partial charge in [-0.05, 0) is 36.6 Å². The lowest BCUT2D eigenvalue weighted by Crippen LogP contribution is -2.25. The topological polar surface area (TPSA) is 29.1 Å². The molecule has 2 aromatic carbocycles. The van der Waals surface area contributed by atoms with Crippen LogP contribution in [0, 0.1) is 6.92 Å². The van der Waals surface area contributed by atoms with Gasteiger partial charge in [0.15, 0.2) is 0 Å². The third-order valence-electron chi connectivity index (χ3n) is 3.59. The van der Waals surface area contributed by atoms with Crippen molar-refractivity contribution in [1.82, 2.24) is 5.32 Å². The first-order valence-electron chi connectivity index (χ1n) is 7.88. The average Bonchev–Trinajstić information content (AvgIpc) is 2.55. The van der Waals surface area contributed by atoms with Gasteiger partial charge in [-0.2, -0.15) is 11.8 Å². The third kappa shape index (κ3) is 6.76. The molecule has 0 spiro atoms. The summed E-state index contributed by atoms with van der Waals surface area (Å²) >= 11 is 13.8. The number of thioether (sulfide) groups is 1. The average molecular weight is 382 g/mol. The van der Waals surface area contributed by atoms with E-state index < -0.39 is 0 Å². The Morgan fingerprint density at radius 3 is 2.58 bits per heavy atom. The number of carbonyl (C=O) groups excluding carboxylic acids is 1. The van der Waals surface area contributed by atoms with Crippen LogP contribution in [0.2, 0.25) is 10.0 Å². The minimum atomic E-state index is 0.0527. The molecule has 0 unspecified atom stereocenters. The molecule has 128 valence electrons. The Balaban J connectivity index is 1.60. The molecule has 0 radical (unpaired) electrons. The van der Waals surface area contributed by atoms with Crippen molar-refractivity contribution >= 4 is 40.9 Å². The zero-order chi connectivity index (χ0) is 17.4. The number of hydrogen-bond donors (Lipinski definition) is 1. The van der Waals surface area contributed by atoms with Gasteiger partial charge in [-0.25, -0.2) is 0 Å². The van der Waals surface area contributed by atoms with Crippen LogP contribution in [0.4, 0.5) is 0 Å². The molecule has 2 rings (SSSR count). The van der Waals surface area contributed by atoms with Gasteiger partial charge in [0.2, 0.25) is 5.91 Å². The Morgan fingerprint density at radius 2 is 1.88 bits per heavy atom. The number of hydrogen-bond acceptors (Lipinski definition) is 2. The SMILES string of the molecule is Cc1ccc(CSCCNC(=O)CCc2ccc(Cl)cc2Cl)cc1. The number of benzene rings is 2. The third-order valence-corrected chi connectivity index (χ3v) is 5.21. The number of rotatable bonds is 8. The lowest BCUT2D eigenvalue weighted by Gasteiger charge is -2.07. The van der Waals surface area contributed by atoms with E-state index in [1.165, 1.54) is 11.1 Å². The summed E-state index contributed by atoms with van der Waals surface area (Å²) in [5, 5.41) is 4.17. The minimum Gasteiger partial charge on any atom is -0.355 e. The lowest BCUT2D eigenvalue weighted by molar-refractivity contribution is -0.120. The zero-order valence-corrected chi connectivity index (χ0v) is 16.0. The van der Waals surface area contributed by atoms with Crippen LogP contribution in [0.5, 0.6) is 0 Å². The van der Waals surface area contributed by atoms with Gasteiger partial charge in [-0.15, -0.1) is 0 Å². The molecule has 0 atom stereocenters. The maximum Gasteiger partial charge on any atom is 0.220 e. The van der Waals surface area contributed by atoms with Gasteiger partial charge in [0, 0.05) is 34.5 Å². The maximum atomic E-state index is 11.9. The van der Waals surface area contributed by atoms with Gasteiger partial charge in [0.25, 0.3) is 0 Å². The predicted octanol–water partition coefficient (Wildman–Crippen LogP) is 5.28. The highest BCUT2D eigenvalue weighted by molar-refractivity contribution is 7.98. The molecule has 24 heavy (non-hydrogen) atoms. The van der Waals surface area contributed by atoms with E-state index in [-0.39, 0.29) is 5.91 Å². The molecule has 0 aliphatic carbocycles. The standard InChI is InChI=1S/C19H21Cl2NOS/c1-14-2-4-15(5-3-14)13-24-11-10-22-19(23)9-7-16-6-8-17(20)12-18(16)21/h2-6,8,12H,7,9-11,13H2,1H3,(H,22,23). The van der Waals surface area contributed by atoms with Gasteiger partial charge in [0.05, 0.1) is 0 Å². The maximum absolute atomic E-state index is 11.9. The quantitative estimate of drug-likeness (QED) is 0.629. The van der Waals surface area contributed by atoms with E-state index in [1.54, 1.807) is 12.1 Å². The molecule has 0 aliphatic heterocycles. The molecule has 0 saturated carbocycles. The van der Waals surface area contributed by atoms with Crippen LogP contribution in [-0.2, 0) is 17.0 Å². The van der Waals surface area contributed by atoms with Crippen molar-refractivity contribution in [1.29, 1.82) is 0 Å². The Hall–Kier alpha value is -1.16. The highest BCUT2D eigenvalue weighted by Crippen LogP contribution is 2.22. The smallest absolute Gasteiger partial charge is 0.220 e. The van der Waals surface area contributed by atoms with E-state index in [0.29, 0.717) is 29.4 Å². The summed E-state index contributed by atoms with van der Waals surface area (Å²) in [6.45, 7) is 2.77. The molecule has 0 bridgehead atoms. The summed E-state index contributed by atoms with van der Waals surface area (Å²) in [7, 11) is 0. The van der Waals surface area contributed by atoms with Crippen molar-refractivity contribution in [3.05, 3.63) is 69.2 Å². The molecule has 2 nitrogen and oxygen atoms in total. The van der Waals surface area contributed by atoms with Crippen LogP contribution >= 0.6 is 35.0 Å². The Kier molecular flexibility index (Phi) is 7.97. The first-order chi connectivity index (χ1) is 11.5. The lowest BCUT2D eigenvalue weighted by atomic mass is 10.1. The van der Waals surface area contributed by atoms with Gasteiger partial charge in [-0.3, -0.25) is 4.79 Å². The number of halogens is 2. The monoisotopic (exact) mass is 381 g/mol. The Labute approximate surface area is 157 Å². The van der Waals surface area contributed by atoms with E-state index >= 15 is 0 Å². The molecule has 0 fully saturated rings. The van der Waals surface area contributed by atoms with Crippen molar-refractivity contribution in [2.24, 2.45) is 0 Å². The van der Waals surface area contributed by atoms with Crippen LogP contribution in [0.1, 0.15) is 23.1 Å². The summed E-state index contributed by atoms with van der Waals surface area (Å²) in [6.07, 6.45) is 1.06. The highest BCUT2D eigenvalue weighted by Gasteiger charge is 2.05. The van der Waals surface area contributed by atoms with E-state index in [4.69, 9.17) is 23.2 Å². The number of nitrogens with one attached hydrogen (secondary N) is 1. The first-order valence-corrected chi connectivity index (χ1v) is 9.79.